The highest BCUT2D eigenvalue weighted by Crippen LogP contribution is 2.18. The monoisotopic (exact) mass is 240 g/mol. The lowest BCUT2D eigenvalue weighted by Crippen LogP contribution is -2.42. The average Bonchev–Trinajstić information content (AvgIpc) is 2.29. The molecule has 0 aromatic carbocycles. The highest BCUT2D eigenvalue weighted by atomic mass is 35.5. The second kappa shape index (κ2) is 4.80. The van der Waals surface area contributed by atoms with E-state index in [2.05, 4.69) is 4.98 Å². The summed E-state index contributed by atoms with van der Waals surface area (Å²) in [5.41, 5.74) is 0.450. The Labute approximate surface area is 98.9 Å². The van der Waals surface area contributed by atoms with Gasteiger partial charge in [-0.05, 0) is 18.9 Å². The third-order valence-electron chi connectivity index (χ3n) is 2.69. The van der Waals surface area contributed by atoms with Crippen molar-refractivity contribution in [2.45, 2.75) is 18.9 Å². The molecule has 0 bridgehead atoms. The summed E-state index contributed by atoms with van der Waals surface area (Å²) in [4.78, 5) is 17.5. The number of aliphatic hydroxyl groups is 1. The van der Waals surface area contributed by atoms with E-state index >= 15 is 0 Å². The van der Waals surface area contributed by atoms with E-state index < -0.39 is 6.10 Å². The van der Waals surface area contributed by atoms with Gasteiger partial charge >= 0.3 is 0 Å². The van der Waals surface area contributed by atoms with Gasteiger partial charge in [0.25, 0.3) is 5.91 Å². The van der Waals surface area contributed by atoms with Gasteiger partial charge in [0.05, 0.1) is 16.7 Å². The van der Waals surface area contributed by atoms with Crippen LogP contribution in [0.2, 0.25) is 5.02 Å². The summed E-state index contributed by atoms with van der Waals surface area (Å²) in [6.45, 7) is 1.06. The van der Waals surface area contributed by atoms with Gasteiger partial charge in [0, 0.05) is 25.5 Å². The van der Waals surface area contributed by atoms with Gasteiger partial charge in [-0.25, -0.2) is 0 Å². The highest BCUT2D eigenvalue weighted by molar-refractivity contribution is 6.33. The molecule has 1 aromatic rings. The van der Waals surface area contributed by atoms with Crippen LogP contribution in [0, 0.1) is 0 Å². The number of hydrogen-bond acceptors (Lipinski definition) is 3. The third-order valence-corrected chi connectivity index (χ3v) is 2.99. The number of rotatable bonds is 1. The van der Waals surface area contributed by atoms with Crippen LogP contribution in [0.1, 0.15) is 23.2 Å². The van der Waals surface area contributed by atoms with Crippen LogP contribution in [-0.2, 0) is 0 Å². The molecule has 1 aliphatic heterocycles. The van der Waals surface area contributed by atoms with Crippen molar-refractivity contribution in [3.05, 3.63) is 29.0 Å². The molecule has 0 saturated carbocycles. The van der Waals surface area contributed by atoms with E-state index in [-0.39, 0.29) is 5.91 Å². The molecule has 0 spiro atoms. The van der Waals surface area contributed by atoms with E-state index in [1.54, 1.807) is 17.2 Å². The Hall–Kier alpha value is -1.13. The first-order valence-electron chi connectivity index (χ1n) is 5.25. The average molecular weight is 241 g/mol. The van der Waals surface area contributed by atoms with Gasteiger partial charge < -0.3 is 10.0 Å². The molecular weight excluding hydrogens is 228 g/mol. The number of halogens is 1. The molecule has 0 radical (unpaired) electrons. The van der Waals surface area contributed by atoms with Gasteiger partial charge in [0.15, 0.2) is 0 Å². The van der Waals surface area contributed by atoms with E-state index in [1.165, 1.54) is 6.20 Å². The van der Waals surface area contributed by atoms with Crippen molar-refractivity contribution in [2.75, 3.05) is 13.1 Å². The van der Waals surface area contributed by atoms with Crippen LogP contribution in [0.3, 0.4) is 0 Å². The Balaban J connectivity index is 2.16. The van der Waals surface area contributed by atoms with Crippen LogP contribution in [0.4, 0.5) is 0 Å². The van der Waals surface area contributed by atoms with Crippen LogP contribution in [-0.4, -0.2) is 40.1 Å². The quantitative estimate of drug-likeness (QED) is 0.806. The van der Waals surface area contributed by atoms with Crippen LogP contribution in [0.25, 0.3) is 0 Å². The SMILES string of the molecule is O=C(c1ccncc1Cl)N1CCC[C@H](O)C1. The molecule has 1 N–H and O–H groups in total. The summed E-state index contributed by atoms with van der Waals surface area (Å²) in [6, 6.07) is 1.60. The molecule has 1 saturated heterocycles. The zero-order valence-corrected chi connectivity index (χ0v) is 9.52. The normalized spacial score (nSPS) is 20.9. The highest BCUT2D eigenvalue weighted by Gasteiger charge is 2.24. The number of nitrogens with zero attached hydrogens (tertiary/aromatic N) is 2. The summed E-state index contributed by atoms with van der Waals surface area (Å²) in [7, 11) is 0. The molecule has 86 valence electrons. The predicted octanol–water partition coefficient (Wildman–Crippen LogP) is 1.33. The number of β-amino-alcohol motifs (C(OH)–C–C–N with tert-alkyl or cyclic N) is 1. The van der Waals surface area contributed by atoms with E-state index in [1.807, 2.05) is 0 Å². The number of hydrogen-bond donors (Lipinski definition) is 1. The van der Waals surface area contributed by atoms with Crippen molar-refractivity contribution in [1.82, 2.24) is 9.88 Å². The standard InChI is InChI=1S/C11H13ClN2O2/c12-10-6-13-4-3-9(10)11(16)14-5-1-2-8(15)7-14/h3-4,6,8,15H,1-2,5,7H2/t8-/m0/s1. The zero-order chi connectivity index (χ0) is 11.5. The molecule has 1 amide bonds. The Morgan fingerprint density at radius 2 is 2.44 bits per heavy atom. The van der Waals surface area contributed by atoms with Crippen molar-refractivity contribution in [1.29, 1.82) is 0 Å². The lowest BCUT2D eigenvalue weighted by Gasteiger charge is -2.30. The maximum atomic E-state index is 12.1. The molecule has 0 aliphatic carbocycles. The fourth-order valence-corrected chi connectivity index (χ4v) is 2.06. The fourth-order valence-electron chi connectivity index (χ4n) is 1.86. The van der Waals surface area contributed by atoms with Crippen molar-refractivity contribution in [3.63, 3.8) is 0 Å². The summed E-state index contributed by atoms with van der Waals surface area (Å²) >= 11 is 5.90. The Kier molecular flexibility index (Phi) is 3.41. The van der Waals surface area contributed by atoms with Crippen LogP contribution < -0.4 is 0 Å². The summed E-state index contributed by atoms with van der Waals surface area (Å²) < 4.78 is 0. The smallest absolute Gasteiger partial charge is 0.255 e. The summed E-state index contributed by atoms with van der Waals surface area (Å²) in [5.74, 6) is -0.133. The van der Waals surface area contributed by atoms with Crippen molar-refractivity contribution >= 4 is 17.5 Å². The number of piperidine rings is 1. The maximum absolute atomic E-state index is 12.1. The first-order valence-corrected chi connectivity index (χ1v) is 5.63. The number of carbonyl (C=O) groups is 1. The third kappa shape index (κ3) is 2.33. The lowest BCUT2D eigenvalue weighted by molar-refractivity contribution is 0.0474. The number of aromatic nitrogens is 1. The maximum Gasteiger partial charge on any atom is 0.255 e. The largest absolute Gasteiger partial charge is 0.391 e. The molecule has 4 nitrogen and oxygen atoms in total. The van der Waals surface area contributed by atoms with E-state index in [0.717, 1.165) is 12.8 Å². The van der Waals surface area contributed by atoms with Gasteiger partial charge in [0.1, 0.15) is 0 Å². The van der Waals surface area contributed by atoms with Gasteiger partial charge in [-0.2, -0.15) is 0 Å². The molecule has 1 aliphatic rings. The first kappa shape index (κ1) is 11.4. The van der Waals surface area contributed by atoms with Gasteiger partial charge in [0.2, 0.25) is 0 Å². The fraction of sp³-hybridized carbons (Fsp3) is 0.455. The number of aliphatic hydroxyl groups excluding tert-OH is 1. The number of amides is 1. The minimum Gasteiger partial charge on any atom is -0.391 e. The Morgan fingerprint density at radius 1 is 1.62 bits per heavy atom. The lowest BCUT2D eigenvalue weighted by atomic mass is 10.1. The number of carbonyl (C=O) groups excluding carboxylic acids is 1. The topological polar surface area (TPSA) is 53.4 Å². The minimum absolute atomic E-state index is 0.133. The number of pyridine rings is 1. The molecule has 2 heterocycles. The molecule has 1 aromatic heterocycles. The van der Waals surface area contributed by atoms with Gasteiger partial charge in [-0.3, -0.25) is 9.78 Å². The second-order valence-electron chi connectivity index (χ2n) is 3.90. The van der Waals surface area contributed by atoms with Gasteiger partial charge in [-0.15, -0.1) is 0 Å². The van der Waals surface area contributed by atoms with Gasteiger partial charge in [-0.1, -0.05) is 11.6 Å². The van der Waals surface area contributed by atoms with E-state index in [0.29, 0.717) is 23.7 Å². The second-order valence-corrected chi connectivity index (χ2v) is 4.31. The van der Waals surface area contributed by atoms with Crippen LogP contribution >= 0.6 is 11.6 Å². The molecular formula is C11H13ClN2O2. The summed E-state index contributed by atoms with van der Waals surface area (Å²) in [6.07, 6.45) is 4.16. The first-order chi connectivity index (χ1) is 7.68. The zero-order valence-electron chi connectivity index (χ0n) is 8.77. The molecule has 5 heteroatoms. The van der Waals surface area contributed by atoms with Crippen LogP contribution in [0.15, 0.2) is 18.5 Å². The molecule has 1 atom stereocenters. The van der Waals surface area contributed by atoms with Crippen molar-refractivity contribution in [3.8, 4) is 0 Å². The summed E-state index contributed by atoms with van der Waals surface area (Å²) in [5, 5.41) is 9.86. The Bertz CT molecular complexity index is 397. The van der Waals surface area contributed by atoms with Crippen molar-refractivity contribution in [2.24, 2.45) is 0 Å². The Morgan fingerprint density at radius 3 is 3.12 bits per heavy atom. The van der Waals surface area contributed by atoms with E-state index in [4.69, 9.17) is 11.6 Å². The predicted molar refractivity (Wildman–Crippen MR) is 60.4 cm³/mol. The van der Waals surface area contributed by atoms with E-state index in [9.17, 15) is 9.90 Å². The van der Waals surface area contributed by atoms with Crippen LogP contribution in [0.5, 0.6) is 0 Å². The minimum atomic E-state index is -0.418. The molecule has 2 rings (SSSR count). The van der Waals surface area contributed by atoms with Crippen molar-refractivity contribution < 1.29 is 9.90 Å². The molecule has 1 fully saturated rings. The molecule has 0 unspecified atom stereocenters. The molecule has 16 heavy (non-hydrogen) atoms. The number of likely N-dealkylation sites (tertiary alicyclic amines) is 1.